The Balaban J connectivity index is 2.26. The average Bonchev–Trinajstić information content (AvgIpc) is 2.29. The fourth-order valence-electron chi connectivity index (χ4n) is 1.14. The minimum atomic E-state index is -0.473. The molecule has 7 nitrogen and oxygen atoms in total. The smallest absolute Gasteiger partial charge is 0.243 e. The number of hydrogen-bond donors (Lipinski definition) is 3. The number of nitrogens with two attached hydrogens (primary N) is 1. The highest BCUT2D eigenvalue weighted by Gasteiger charge is 1.97. The molecule has 7 heteroatoms. The first-order valence-corrected chi connectivity index (χ1v) is 5.38. The van der Waals surface area contributed by atoms with E-state index < -0.39 is 5.91 Å². The van der Waals surface area contributed by atoms with Crippen LogP contribution in [-0.2, 0) is 9.53 Å². The zero-order valence-corrected chi connectivity index (χ0v) is 9.77. The molecular weight excluding hydrogens is 222 g/mol. The fourth-order valence-corrected chi connectivity index (χ4v) is 1.14. The van der Waals surface area contributed by atoms with Gasteiger partial charge in [-0.25, -0.2) is 4.98 Å². The first-order valence-electron chi connectivity index (χ1n) is 5.38. The normalized spacial score (nSPS) is 9.94. The monoisotopic (exact) mass is 239 g/mol. The number of ether oxygens (including phenoxy) is 1. The SMILES string of the molecule is CCNc1cncc(NCCOCC(N)=O)n1. The van der Waals surface area contributed by atoms with Crippen molar-refractivity contribution >= 4 is 17.5 Å². The Morgan fingerprint density at radius 2 is 2.12 bits per heavy atom. The first kappa shape index (κ1) is 13.2. The van der Waals surface area contributed by atoms with Crippen LogP contribution in [0, 0.1) is 0 Å². The van der Waals surface area contributed by atoms with Gasteiger partial charge in [-0.05, 0) is 6.92 Å². The molecule has 0 atom stereocenters. The minimum Gasteiger partial charge on any atom is -0.370 e. The largest absolute Gasteiger partial charge is 0.370 e. The van der Waals surface area contributed by atoms with Gasteiger partial charge in [0.05, 0.1) is 19.0 Å². The van der Waals surface area contributed by atoms with Crippen LogP contribution in [0.2, 0.25) is 0 Å². The number of nitrogens with zero attached hydrogens (tertiary/aromatic N) is 2. The summed E-state index contributed by atoms with van der Waals surface area (Å²) in [5.74, 6) is 0.903. The second kappa shape index (κ2) is 7.39. The third kappa shape index (κ3) is 5.67. The summed E-state index contributed by atoms with van der Waals surface area (Å²) in [6.45, 7) is 3.64. The maximum atomic E-state index is 10.4. The van der Waals surface area contributed by atoms with Crippen molar-refractivity contribution in [2.45, 2.75) is 6.92 Å². The molecule has 0 saturated carbocycles. The van der Waals surface area contributed by atoms with E-state index >= 15 is 0 Å². The molecule has 17 heavy (non-hydrogen) atoms. The van der Waals surface area contributed by atoms with Crippen LogP contribution >= 0.6 is 0 Å². The maximum Gasteiger partial charge on any atom is 0.243 e. The quantitative estimate of drug-likeness (QED) is 0.544. The van der Waals surface area contributed by atoms with Crippen LogP contribution in [0.5, 0.6) is 0 Å². The van der Waals surface area contributed by atoms with E-state index in [4.69, 9.17) is 10.5 Å². The number of carbonyl (C=O) groups excluding carboxylic acids is 1. The van der Waals surface area contributed by atoms with Gasteiger partial charge < -0.3 is 21.1 Å². The molecule has 4 N–H and O–H groups in total. The first-order chi connectivity index (χ1) is 8.22. The lowest BCUT2D eigenvalue weighted by Gasteiger charge is -2.07. The lowest BCUT2D eigenvalue weighted by atomic mass is 10.5. The van der Waals surface area contributed by atoms with Gasteiger partial charge in [-0.1, -0.05) is 0 Å². The third-order valence-corrected chi connectivity index (χ3v) is 1.79. The topological polar surface area (TPSA) is 102 Å². The number of anilines is 2. The van der Waals surface area contributed by atoms with Crippen LogP contribution in [0.25, 0.3) is 0 Å². The summed E-state index contributed by atoms with van der Waals surface area (Å²) in [7, 11) is 0. The van der Waals surface area contributed by atoms with E-state index in [0.29, 0.717) is 19.0 Å². The Labute approximate surface area is 99.8 Å². The summed E-state index contributed by atoms with van der Waals surface area (Å²) >= 11 is 0. The number of carbonyl (C=O) groups is 1. The summed E-state index contributed by atoms with van der Waals surface area (Å²) < 4.78 is 4.99. The summed E-state index contributed by atoms with van der Waals surface area (Å²) in [6.07, 6.45) is 3.27. The molecule has 1 aromatic rings. The molecule has 0 aromatic carbocycles. The van der Waals surface area contributed by atoms with Crippen molar-refractivity contribution < 1.29 is 9.53 Å². The van der Waals surface area contributed by atoms with Crippen LogP contribution in [0.15, 0.2) is 12.4 Å². The number of rotatable bonds is 8. The number of primary amides is 1. The minimum absolute atomic E-state index is 0.0647. The molecule has 0 aliphatic carbocycles. The van der Waals surface area contributed by atoms with Crippen molar-refractivity contribution in [3.8, 4) is 0 Å². The zero-order chi connectivity index (χ0) is 12.5. The molecule has 0 bridgehead atoms. The molecule has 1 rings (SSSR count). The fraction of sp³-hybridized carbons (Fsp3) is 0.500. The number of hydrogen-bond acceptors (Lipinski definition) is 6. The van der Waals surface area contributed by atoms with E-state index in [0.717, 1.165) is 12.4 Å². The zero-order valence-electron chi connectivity index (χ0n) is 9.77. The summed E-state index contributed by atoms with van der Waals surface area (Å²) in [4.78, 5) is 18.7. The Kier molecular flexibility index (Phi) is 5.73. The van der Waals surface area contributed by atoms with Crippen molar-refractivity contribution in [3.05, 3.63) is 12.4 Å². The van der Waals surface area contributed by atoms with Crippen LogP contribution in [0.3, 0.4) is 0 Å². The van der Waals surface area contributed by atoms with Crippen molar-refractivity contribution in [2.24, 2.45) is 5.73 Å². The molecule has 0 radical (unpaired) electrons. The highest BCUT2D eigenvalue weighted by Crippen LogP contribution is 2.05. The summed E-state index contributed by atoms with van der Waals surface area (Å²) in [6, 6.07) is 0. The summed E-state index contributed by atoms with van der Waals surface area (Å²) in [5.41, 5.74) is 4.92. The van der Waals surface area contributed by atoms with Gasteiger partial charge in [0.1, 0.15) is 18.2 Å². The Bertz CT molecular complexity index is 358. The van der Waals surface area contributed by atoms with Crippen LogP contribution in [-0.4, -0.2) is 42.2 Å². The maximum absolute atomic E-state index is 10.4. The number of nitrogens with one attached hydrogen (secondary N) is 2. The number of aromatic nitrogens is 2. The highest BCUT2D eigenvalue weighted by molar-refractivity contribution is 5.74. The van der Waals surface area contributed by atoms with Crippen molar-refractivity contribution in [1.29, 1.82) is 0 Å². The van der Waals surface area contributed by atoms with E-state index in [2.05, 4.69) is 20.6 Å². The van der Waals surface area contributed by atoms with Gasteiger partial charge in [-0.3, -0.25) is 9.78 Å². The molecule has 1 aromatic heterocycles. The van der Waals surface area contributed by atoms with Crippen molar-refractivity contribution in [1.82, 2.24) is 9.97 Å². The molecule has 94 valence electrons. The Hall–Kier alpha value is -1.89. The molecule has 0 aliphatic rings. The lowest BCUT2D eigenvalue weighted by Crippen LogP contribution is -2.20. The standard InChI is InChI=1S/C10H17N5O2/c1-2-13-9-5-12-6-10(15-9)14-3-4-17-7-8(11)16/h5-6H,2-4,7H2,1H3,(H2,11,16)(H2,13,14,15). The molecule has 0 saturated heterocycles. The second-order valence-electron chi connectivity index (χ2n) is 3.27. The number of amides is 1. The van der Waals surface area contributed by atoms with E-state index in [-0.39, 0.29) is 6.61 Å². The molecule has 0 fully saturated rings. The van der Waals surface area contributed by atoms with Gasteiger partial charge in [0.15, 0.2) is 0 Å². The molecule has 1 heterocycles. The average molecular weight is 239 g/mol. The predicted molar refractivity (Wildman–Crippen MR) is 64.7 cm³/mol. The van der Waals surface area contributed by atoms with E-state index in [1.54, 1.807) is 12.4 Å². The predicted octanol–water partition coefficient (Wildman–Crippen LogP) is -0.178. The molecule has 0 unspecified atom stereocenters. The Morgan fingerprint density at radius 3 is 2.76 bits per heavy atom. The van der Waals surface area contributed by atoms with Gasteiger partial charge >= 0.3 is 0 Å². The van der Waals surface area contributed by atoms with Gasteiger partial charge in [-0.2, -0.15) is 0 Å². The van der Waals surface area contributed by atoms with Crippen molar-refractivity contribution in [2.75, 3.05) is 36.9 Å². The van der Waals surface area contributed by atoms with Gasteiger partial charge in [0.2, 0.25) is 5.91 Å². The van der Waals surface area contributed by atoms with Gasteiger partial charge in [0, 0.05) is 13.1 Å². The molecule has 0 spiro atoms. The highest BCUT2D eigenvalue weighted by atomic mass is 16.5. The van der Waals surface area contributed by atoms with Gasteiger partial charge in [0.25, 0.3) is 0 Å². The van der Waals surface area contributed by atoms with E-state index in [1.807, 2.05) is 6.92 Å². The second-order valence-corrected chi connectivity index (χ2v) is 3.27. The Morgan fingerprint density at radius 1 is 1.41 bits per heavy atom. The molecule has 1 amide bonds. The summed E-state index contributed by atoms with van der Waals surface area (Å²) in [5, 5.41) is 6.08. The van der Waals surface area contributed by atoms with Crippen LogP contribution in [0.4, 0.5) is 11.6 Å². The van der Waals surface area contributed by atoms with E-state index in [9.17, 15) is 4.79 Å². The molecular formula is C10H17N5O2. The van der Waals surface area contributed by atoms with Crippen molar-refractivity contribution in [3.63, 3.8) is 0 Å². The van der Waals surface area contributed by atoms with Gasteiger partial charge in [-0.15, -0.1) is 0 Å². The lowest BCUT2D eigenvalue weighted by molar-refractivity contribution is -0.122. The van der Waals surface area contributed by atoms with E-state index in [1.165, 1.54) is 0 Å². The molecule has 0 aliphatic heterocycles. The van der Waals surface area contributed by atoms with Crippen LogP contribution < -0.4 is 16.4 Å². The third-order valence-electron chi connectivity index (χ3n) is 1.79. The van der Waals surface area contributed by atoms with Crippen LogP contribution in [0.1, 0.15) is 6.92 Å².